The molecule has 20 heavy (non-hydrogen) atoms. The third kappa shape index (κ3) is 2.62. The number of aromatic nitrogens is 3. The van der Waals surface area contributed by atoms with Crippen LogP contribution in [0.4, 0.5) is 5.69 Å². The number of aromatic amines is 1. The molecule has 0 spiro atoms. The first kappa shape index (κ1) is 14.0. The number of nitrogens with one attached hydrogen (secondary N) is 2. The summed E-state index contributed by atoms with van der Waals surface area (Å²) < 4.78 is 26.6. The van der Waals surface area contributed by atoms with Gasteiger partial charge in [-0.2, -0.15) is 13.5 Å². The predicted molar refractivity (Wildman–Crippen MR) is 70.1 cm³/mol. The summed E-state index contributed by atoms with van der Waals surface area (Å²) in [6, 6.07) is 3.21. The van der Waals surface area contributed by atoms with Gasteiger partial charge in [0.05, 0.1) is 17.6 Å². The number of aryl methyl sites for hydroxylation is 2. The molecule has 0 aliphatic carbocycles. The van der Waals surface area contributed by atoms with E-state index in [1.165, 1.54) is 0 Å². The molecule has 0 aliphatic rings. The van der Waals surface area contributed by atoms with Gasteiger partial charge in [0.2, 0.25) is 0 Å². The second-order valence-electron chi connectivity index (χ2n) is 4.11. The first-order valence-corrected chi connectivity index (χ1v) is 7.03. The maximum Gasteiger partial charge on any atom is 0.340 e. The first-order chi connectivity index (χ1) is 9.31. The van der Waals surface area contributed by atoms with E-state index in [0.29, 0.717) is 5.69 Å². The summed E-state index contributed by atoms with van der Waals surface area (Å²) in [5.41, 5.74) is 1.10. The van der Waals surface area contributed by atoms with Crippen molar-refractivity contribution < 1.29 is 18.3 Å². The van der Waals surface area contributed by atoms with Crippen molar-refractivity contribution >= 4 is 21.7 Å². The molecule has 2 rings (SSSR count). The molecule has 0 aromatic carbocycles. The van der Waals surface area contributed by atoms with E-state index in [-0.39, 0.29) is 5.69 Å². The van der Waals surface area contributed by atoms with E-state index in [1.54, 1.807) is 26.0 Å². The van der Waals surface area contributed by atoms with Crippen LogP contribution in [0.3, 0.4) is 0 Å². The predicted octanol–water partition coefficient (Wildman–Crippen LogP) is 0.921. The third-order valence-corrected chi connectivity index (χ3v) is 3.91. The Balaban J connectivity index is 2.41. The fraction of sp³-hybridized carbons (Fsp3) is 0.182. The van der Waals surface area contributed by atoms with Crippen molar-refractivity contribution in [3.8, 4) is 0 Å². The van der Waals surface area contributed by atoms with Crippen LogP contribution in [0, 0.1) is 13.8 Å². The van der Waals surface area contributed by atoms with Gasteiger partial charge in [-0.15, -0.1) is 0 Å². The van der Waals surface area contributed by atoms with Gasteiger partial charge in [-0.05, 0) is 26.0 Å². The fourth-order valence-electron chi connectivity index (χ4n) is 1.62. The molecule has 8 nitrogen and oxygen atoms in total. The summed E-state index contributed by atoms with van der Waals surface area (Å²) >= 11 is 0. The number of pyridine rings is 1. The number of carboxylic acid groups (broad SMARTS) is 1. The number of H-pyrrole nitrogens is 1. The fourth-order valence-corrected chi connectivity index (χ4v) is 2.83. The number of sulfonamides is 1. The van der Waals surface area contributed by atoms with Crippen LogP contribution in [0.1, 0.15) is 21.7 Å². The van der Waals surface area contributed by atoms with Crippen LogP contribution in [0.25, 0.3) is 0 Å². The van der Waals surface area contributed by atoms with E-state index >= 15 is 0 Å². The molecule has 0 unspecified atom stereocenters. The van der Waals surface area contributed by atoms with Crippen molar-refractivity contribution in [2.24, 2.45) is 0 Å². The maximum absolute atomic E-state index is 12.2. The zero-order chi connectivity index (χ0) is 14.9. The lowest BCUT2D eigenvalue weighted by Crippen LogP contribution is -2.17. The Kier molecular flexibility index (Phi) is 3.45. The number of aromatic carboxylic acids is 1. The number of carboxylic acids is 1. The van der Waals surface area contributed by atoms with E-state index < -0.39 is 26.6 Å². The minimum Gasteiger partial charge on any atom is -0.478 e. The minimum atomic E-state index is -4.07. The van der Waals surface area contributed by atoms with Crippen LogP contribution in [-0.2, 0) is 10.0 Å². The van der Waals surface area contributed by atoms with E-state index in [2.05, 4.69) is 19.9 Å². The Hall–Kier alpha value is -2.42. The highest BCUT2D eigenvalue weighted by Gasteiger charge is 2.25. The lowest BCUT2D eigenvalue weighted by Gasteiger charge is -2.09. The van der Waals surface area contributed by atoms with Crippen molar-refractivity contribution in [1.82, 2.24) is 15.2 Å². The molecule has 0 bridgehead atoms. The average molecular weight is 296 g/mol. The molecule has 2 aromatic rings. The van der Waals surface area contributed by atoms with Crippen LogP contribution in [-0.4, -0.2) is 34.7 Å². The molecule has 0 saturated heterocycles. The van der Waals surface area contributed by atoms with Crippen LogP contribution in [0.15, 0.2) is 23.4 Å². The van der Waals surface area contributed by atoms with Crippen molar-refractivity contribution in [2.75, 3.05) is 4.72 Å². The molecular formula is C11H12N4O4S. The second-order valence-corrected chi connectivity index (χ2v) is 5.73. The van der Waals surface area contributed by atoms with Crippen LogP contribution < -0.4 is 4.72 Å². The topological polar surface area (TPSA) is 125 Å². The Labute approximate surface area is 114 Å². The zero-order valence-corrected chi connectivity index (χ0v) is 11.5. The summed E-state index contributed by atoms with van der Waals surface area (Å²) in [6.07, 6.45) is 0.942. The average Bonchev–Trinajstić information content (AvgIpc) is 2.82. The summed E-state index contributed by atoms with van der Waals surface area (Å²) in [4.78, 5) is 15.1. The number of hydrogen-bond donors (Lipinski definition) is 3. The van der Waals surface area contributed by atoms with Crippen molar-refractivity contribution in [1.29, 1.82) is 0 Å². The van der Waals surface area contributed by atoms with Gasteiger partial charge in [0.1, 0.15) is 5.56 Å². The van der Waals surface area contributed by atoms with Crippen LogP contribution in [0.2, 0.25) is 0 Å². The Morgan fingerprint density at radius 2 is 2.05 bits per heavy atom. The number of hydrogen-bond acceptors (Lipinski definition) is 5. The first-order valence-electron chi connectivity index (χ1n) is 5.55. The molecule has 0 aliphatic heterocycles. The standard InChI is InChI=1S/C11H12N4O4S/c1-6-3-4-9(7(2)13-6)15-20(18,19)10-8(11(16)17)5-12-14-10/h3-5,15H,1-2H3,(H,12,14)(H,16,17). The molecule has 0 radical (unpaired) electrons. The van der Waals surface area contributed by atoms with E-state index in [9.17, 15) is 13.2 Å². The highest BCUT2D eigenvalue weighted by atomic mass is 32.2. The molecule has 0 saturated carbocycles. The smallest absolute Gasteiger partial charge is 0.340 e. The van der Waals surface area contributed by atoms with Crippen LogP contribution in [0.5, 0.6) is 0 Å². The molecule has 0 amide bonds. The van der Waals surface area contributed by atoms with Crippen molar-refractivity contribution in [2.45, 2.75) is 18.9 Å². The van der Waals surface area contributed by atoms with Gasteiger partial charge in [0.25, 0.3) is 10.0 Å². The summed E-state index contributed by atoms with van der Waals surface area (Å²) in [5, 5.41) is 14.0. The lowest BCUT2D eigenvalue weighted by atomic mass is 10.3. The molecule has 0 fully saturated rings. The summed E-state index contributed by atoms with van der Waals surface area (Å²) in [6.45, 7) is 3.43. The quantitative estimate of drug-likeness (QED) is 0.770. The summed E-state index contributed by atoms with van der Waals surface area (Å²) in [5.74, 6) is -1.38. The van der Waals surface area contributed by atoms with E-state index in [0.717, 1.165) is 11.9 Å². The SMILES string of the molecule is Cc1ccc(NS(=O)(=O)c2[nH]ncc2C(=O)O)c(C)n1. The molecule has 3 N–H and O–H groups in total. The second kappa shape index (κ2) is 4.93. The highest BCUT2D eigenvalue weighted by Crippen LogP contribution is 2.19. The molecule has 9 heteroatoms. The molecule has 106 valence electrons. The molecule has 2 heterocycles. The Morgan fingerprint density at radius 1 is 1.35 bits per heavy atom. The van der Waals surface area contributed by atoms with Gasteiger partial charge in [-0.3, -0.25) is 14.8 Å². The van der Waals surface area contributed by atoms with Gasteiger partial charge in [-0.25, -0.2) is 4.79 Å². The normalized spacial score (nSPS) is 11.3. The minimum absolute atomic E-state index is 0.279. The maximum atomic E-state index is 12.2. The number of nitrogens with zero attached hydrogens (tertiary/aromatic N) is 2. The molecule has 2 aromatic heterocycles. The molecular weight excluding hydrogens is 284 g/mol. The zero-order valence-electron chi connectivity index (χ0n) is 10.7. The summed E-state index contributed by atoms with van der Waals surface area (Å²) in [7, 11) is -4.07. The van der Waals surface area contributed by atoms with Gasteiger partial charge in [0.15, 0.2) is 5.03 Å². The van der Waals surface area contributed by atoms with Crippen molar-refractivity contribution in [3.63, 3.8) is 0 Å². The number of anilines is 1. The van der Waals surface area contributed by atoms with Crippen LogP contribution >= 0.6 is 0 Å². The third-order valence-electron chi connectivity index (χ3n) is 2.57. The van der Waals surface area contributed by atoms with Gasteiger partial charge in [0, 0.05) is 5.69 Å². The largest absolute Gasteiger partial charge is 0.478 e. The van der Waals surface area contributed by atoms with Gasteiger partial charge >= 0.3 is 5.97 Å². The lowest BCUT2D eigenvalue weighted by molar-refractivity contribution is 0.0692. The number of rotatable bonds is 4. The van der Waals surface area contributed by atoms with Crippen molar-refractivity contribution in [3.05, 3.63) is 35.3 Å². The van der Waals surface area contributed by atoms with Gasteiger partial charge in [-0.1, -0.05) is 0 Å². The van der Waals surface area contributed by atoms with E-state index in [4.69, 9.17) is 5.11 Å². The number of carbonyl (C=O) groups is 1. The molecule has 0 atom stereocenters. The van der Waals surface area contributed by atoms with E-state index in [1.807, 2.05) is 0 Å². The van der Waals surface area contributed by atoms with Gasteiger partial charge < -0.3 is 5.11 Å². The Morgan fingerprint density at radius 3 is 2.65 bits per heavy atom. The highest BCUT2D eigenvalue weighted by molar-refractivity contribution is 7.92. The monoisotopic (exact) mass is 296 g/mol. The Bertz CT molecular complexity index is 766.